The third kappa shape index (κ3) is 3.79. The Balaban J connectivity index is 2.27. The summed E-state index contributed by atoms with van der Waals surface area (Å²) in [5.74, 6) is -0.267. The lowest BCUT2D eigenvalue weighted by molar-refractivity contribution is 0.0599. The molecule has 22 heavy (non-hydrogen) atoms. The Bertz CT molecular complexity index is 745. The molecular formula is C14H15N3O4S. The van der Waals surface area contributed by atoms with Crippen LogP contribution in [0.2, 0.25) is 0 Å². The molecule has 1 aromatic carbocycles. The molecule has 0 aliphatic heterocycles. The first-order valence-corrected chi connectivity index (χ1v) is 8.18. The molecule has 0 aliphatic carbocycles. The molecule has 1 aromatic heterocycles. The molecule has 2 aromatic rings. The zero-order valence-corrected chi connectivity index (χ0v) is 12.9. The Kier molecular flexibility index (Phi) is 4.71. The SMILES string of the molecule is COC(=O)c1cnc(CN(c2ccccc2)S(C)(=O)=O)nc1. The maximum atomic E-state index is 12.0. The standard InChI is InChI=1S/C14H15N3O4S/c1-21-14(18)11-8-15-13(16-9-11)10-17(22(2,19)20)12-6-4-3-5-7-12/h3-9H,10H2,1-2H3. The van der Waals surface area contributed by atoms with Gasteiger partial charge in [0.1, 0.15) is 5.82 Å². The minimum absolute atomic E-state index is 0.0235. The Morgan fingerprint density at radius 2 is 1.77 bits per heavy atom. The lowest BCUT2D eigenvalue weighted by Gasteiger charge is -2.21. The van der Waals surface area contributed by atoms with Gasteiger partial charge in [0, 0.05) is 12.4 Å². The summed E-state index contributed by atoms with van der Waals surface area (Å²) in [6.45, 7) is -0.0235. The summed E-state index contributed by atoms with van der Waals surface area (Å²) in [5, 5.41) is 0. The second-order valence-corrected chi connectivity index (χ2v) is 6.39. The van der Waals surface area contributed by atoms with Crippen molar-refractivity contribution >= 4 is 21.7 Å². The summed E-state index contributed by atoms with van der Waals surface area (Å²) in [6.07, 6.45) is 3.72. The first-order valence-electron chi connectivity index (χ1n) is 6.34. The summed E-state index contributed by atoms with van der Waals surface area (Å²) in [7, 11) is -2.22. The number of esters is 1. The summed E-state index contributed by atoms with van der Waals surface area (Å²) < 4.78 is 29.7. The highest BCUT2D eigenvalue weighted by atomic mass is 32.2. The summed E-state index contributed by atoms with van der Waals surface area (Å²) in [4.78, 5) is 19.3. The molecule has 0 radical (unpaired) electrons. The van der Waals surface area contributed by atoms with Crippen LogP contribution < -0.4 is 4.31 Å². The molecule has 0 saturated heterocycles. The topological polar surface area (TPSA) is 89.5 Å². The number of ether oxygens (including phenoxy) is 1. The van der Waals surface area contributed by atoms with Gasteiger partial charge in [0.2, 0.25) is 10.0 Å². The van der Waals surface area contributed by atoms with Gasteiger partial charge in [-0.25, -0.2) is 23.2 Å². The number of rotatable bonds is 5. The number of aromatic nitrogens is 2. The molecule has 8 heteroatoms. The van der Waals surface area contributed by atoms with Gasteiger partial charge >= 0.3 is 5.97 Å². The summed E-state index contributed by atoms with van der Waals surface area (Å²) in [5.41, 5.74) is 0.725. The fourth-order valence-corrected chi connectivity index (χ4v) is 2.64. The highest BCUT2D eigenvalue weighted by Gasteiger charge is 2.19. The van der Waals surface area contributed by atoms with Crippen LogP contribution in [0.4, 0.5) is 5.69 Å². The fourth-order valence-electron chi connectivity index (χ4n) is 1.78. The van der Waals surface area contributed by atoms with E-state index in [2.05, 4.69) is 14.7 Å². The maximum Gasteiger partial charge on any atom is 0.341 e. The van der Waals surface area contributed by atoms with Gasteiger partial charge in [-0.05, 0) is 12.1 Å². The van der Waals surface area contributed by atoms with E-state index in [0.29, 0.717) is 5.69 Å². The van der Waals surface area contributed by atoms with E-state index in [0.717, 1.165) is 6.26 Å². The van der Waals surface area contributed by atoms with Gasteiger partial charge in [-0.15, -0.1) is 0 Å². The van der Waals surface area contributed by atoms with Crippen LogP contribution in [0.15, 0.2) is 42.7 Å². The highest BCUT2D eigenvalue weighted by molar-refractivity contribution is 7.92. The first kappa shape index (κ1) is 15.9. The number of hydrogen-bond acceptors (Lipinski definition) is 6. The number of carbonyl (C=O) groups is 1. The van der Waals surface area contributed by atoms with Crippen molar-refractivity contribution in [2.45, 2.75) is 6.54 Å². The average Bonchev–Trinajstić information content (AvgIpc) is 2.52. The number of methoxy groups -OCH3 is 1. The number of anilines is 1. The van der Waals surface area contributed by atoms with Gasteiger partial charge in [0.05, 0.1) is 31.2 Å². The van der Waals surface area contributed by atoms with Crippen LogP contribution in [0.3, 0.4) is 0 Å². The molecule has 0 N–H and O–H groups in total. The minimum atomic E-state index is -3.49. The van der Waals surface area contributed by atoms with Crippen LogP contribution in [0.1, 0.15) is 16.2 Å². The van der Waals surface area contributed by atoms with Crippen molar-refractivity contribution < 1.29 is 17.9 Å². The van der Waals surface area contributed by atoms with Gasteiger partial charge in [0.15, 0.2) is 0 Å². The normalized spacial score (nSPS) is 11.0. The van der Waals surface area contributed by atoms with E-state index in [4.69, 9.17) is 0 Å². The number of carbonyl (C=O) groups excluding carboxylic acids is 1. The predicted octanol–water partition coefficient (Wildman–Crippen LogP) is 1.23. The molecule has 1 heterocycles. The number of para-hydroxylation sites is 1. The van der Waals surface area contributed by atoms with Crippen molar-refractivity contribution in [1.29, 1.82) is 0 Å². The minimum Gasteiger partial charge on any atom is -0.465 e. The second kappa shape index (κ2) is 6.52. The highest BCUT2D eigenvalue weighted by Crippen LogP contribution is 2.18. The molecule has 116 valence electrons. The second-order valence-electron chi connectivity index (χ2n) is 4.48. The van der Waals surface area contributed by atoms with Crippen LogP contribution >= 0.6 is 0 Å². The summed E-state index contributed by atoms with van der Waals surface area (Å²) in [6, 6.07) is 8.66. The maximum absolute atomic E-state index is 12.0. The molecule has 0 aliphatic rings. The largest absolute Gasteiger partial charge is 0.465 e. The molecule has 0 amide bonds. The first-order chi connectivity index (χ1) is 10.4. The van der Waals surface area contributed by atoms with Crippen molar-refractivity contribution in [3.05, 3.63) is 54.1 Å². The smallest absolute Gasteiger partial charge is 0.341 e. The number of benzene rings is 1. The summed E-state index contributed by atoms with van der Waals surface area (Å²) >= 11 is 0. The van der Waals surface area contributed by atoms with Crippen LogP contribution in [0.25, 0.3) is 0 Å². The zero-order valence-electron chi connectivity index (χ0n) is 12.1. The van der Waals surface area contributed by atoms with Gasteiger partial charge in [-0.2, -0.15) is 0 Å². The van der Waals surface area contributed by atoms with E-state index in [1.165, 1.54) is 23.8 Å². The van der Waals surface area contributed by atoms with Crippen molar-refractivity contribution in [2.24, 2.45) is 0 Å². The molecular weight excluding hydrogens is 306 g/mol. The number of hydrogen-bond donors (Lipinski definition) is 0. The Morgan fingerprint density at radius 3 is 2.27 bits per heavy atom. The molecule has 2 rings (SSSR count). The van der Waals surface area contributed by atoms with Crippen molar-refractivity contribution in [3.63, 3.8) is 0 Å². The lowest BCUT2D eigenvalue weighted by Crippen LogP contribution is -2.30. The van der Waals surface area contributed by atoms with Crippen LogP contribution in [0.5, 0.6) is 0 Å². The molecule has 0 atom stereocenters. The lowest BCUT2D eigenvalue weighted by atomic mass is 10.3. The van der Waals surface area contributed by atoms with Gasteiger partial charge in [0.25, 0.3) is 0 Å². The molecule has 0 unspecified atom stereocenters. The average molecular weight is 321 g/mol. The van der Waals surface area contributed by atoms with Crippen LogP contribution in [-0.2, 0) is 21.3 Å². The molecule has 0 bridgehead atoms. The number of sulfonamides is 1. The van der Waals surface area contributed by atoms with E-state index in [9.17, 15) is 13.2 Å². The van der Waals surface area contributed by atoms with Gasteiger partial charge in [-0.3, -0.25) is 4.31 Å². The van der Waals surface area contributed by atoms with E-state index in [-0.39, 0.29) is 17.9 Å². The van der Waals surface area contributed by atoms with Gasteiger partial charge < -0.3 is 4.74 Å². The molecule has 0 fully saturated rings. The molecule has 0 saturated carbocycles. The Morgan fingerprint density at radius 1 is 1.18 bits per heavy atom. The van der Waals surface area contributed by atoms with Gasteiger partial charge in [-0.1, -0.05) is 18.2 Å². The van der Waals surface area contributed by atoms with E-state index >= 15 is 0 Å². The van der Waals surface area contributed by atoms with Crippen LogP contribution in [0, 0.1) is 0 Å². The zero-order chi connectivity index (χ0) is 16.2. The van der Waals surface area contributed by atoms with Crippen molar-refractivity contribution in [2.75, 3.05) is 17.7 Å². The molecule has 7 nitrogen and oxygen atoms in total. The quantitative estimate of drug-likeness (QED) is 0.770. The van der Waals surface area contributed by atoms with Crippen molar-refractivity contribution in [3.8, 4) is 0 Å². The third-order valence-corrected chi connectivity index (χ3v) is 4.00. The predicted molar refractivity (Wildman–Crippen MR) is 80.8 cm³/mol. The monoisotopic (exact) mass is 321 g/mol. The van der Waals surface area contributed by atoms with E-state index in [1.807, 2.05) is 0 Å². The third-order valence-electron chi connectivity index (χ3n) is 2.86. The fraction of sp³-hybridized carbons (Fsp3) is 0.214. The Hall–Kier alpha value is -2.48. The Labute approximate surface area is 128 Å². The van der Waals surface area contributed by atoms with E-state index < -0.39 is 16.0 Å². The number of nitrogens with zero attached hydrogens (tertiary/aromatic N) is 3. The van der Waals surface area contributed by atoms with Crippen molar-refractivity contribution in [1.82, 2.24) is 9.97 Å². The van der Waals surface area contributed by atoms with E-state index in [1.54, 1.807) is 30.3 Å². The molecule has 0 spiro atoms. The van der Waals surface area contributed by atoms with Crippen LogP contribution in [-0.4, -0.2) is 37.7 Å².